The smallest absolute Gasteiger partial charge is 0.0420 e. The summed E-state index contributed by atoms with van der Waals surface area (Å²) in [6, 6.07) is 4.56. The largest absolute Gasteiger partial charge is 0.313 e. The Morgan fingerprint density at radius 3 is 2.83 bits per heavy atom. The number of hydrogen-bond acceptors (Lipinski definition) is 2. The lowest BCUT2D eigenvalue weighted by atomic mass is 10.0. The fraction of sp³-hybridized carbons (Fsp3) is 0.500. The molecule has 1 unspecified atom stereocenters. The van der Waals surface area contributed by atoms with Crippen molar-refractivity contribution in [2.24, 2.45) is 0 Å². The van der Waals surface area contributed by atoms with Gasteiger partial charge in [-0.2, -0.15) is 0 Å². The van der Waals surface area contributed by atoms with Crippen molar-refractivity contribution in [3.05, 3.63) is 29.6 Å². The number of rotatable bonds is 3. The Morgan fingerprint density at radius 2 is 2.33 bits per heavy atom. The molecule has 0 saturated carbocycles. The number of pyridine rings is 1. The Kier molecular flexibility index (Phi) is 3.23. The van der Waals surface area contributed by atoms with Crippen LogP contribution in [0.1, 0.15) is 30.6 Å². The summed E-state index contributed by atoms with van der Waals surface area (Å²) >= 11 is 0. The van der Waals surface area contributed by atoms with Crippen molar-refractivity contribution in [1.29, 1.82) is 0 Å². The summed E-state index contributed by atoms with van der Waals surface area (Å²) in [6.07, 6.45) is 2.93. The molecule has 1 N–H and O–H groups in total. The second-order valence-corrected chi connectivity index (χ2v) is 2.93. The molecule has 0 spiro atoms. The molecule has 1 atom stereocenters. The van der Waals surface area contributed by atoms with Crippen LogP contribution >= 0.6 is 0 Å². The normalized spacial score (nSPS) is 12.9. The molecule has 0 aromatic carbocycles. The summed E-state index contributed by atoms with van der Waals surface area (Å²) in [5, 5.41) is 3.27. The number of hydrogen-bond donors (Lipinski definition) is 1. The molecule has 1 aromatic heterocycles. The van der Waals surface area contributed by atoms with Gasteiger partial charge in [-0.1, -0.05) is 13.0 Å². The van der Waals surface area contributed by atoms with E-state index in [4.69, 9.17) is 0 Å². The molecule has 0 aliphatic carbocycles. The van der Waals surface area contributed by atoms with Crippen molar-refractivity contribution in [3.63, 3.8) is 0 Å². The first kappa shape index (κ1) is 9.20. The molecule has 2 heteroatoms. The van der Waals surface area contributed by atoms with Gasteiger partial charge in [-0.05, 0) is 32.0 Å². The maximum Gasteiger partial charge on any atom is 0.0420 e. The Bertz CT molecular complexity index is 241. The van der Waals surface area contributed by atoms with E-state index in [2.05, 4.69) is 30.2 Å². The average molecular weight is 164 g/mol. The summed E-state index contributed by atoms with van der Waals surface area (Å²) in [6.45, 7) is 4.23. The van der Waals surface area contributed by atoms with Crippen LogP contribution < -0.4 is 5.32 Å². The molecule has 1 rings (SSSR count). The zero-order chi connectivity index (χ0) is 8.97. The van der Waals surface area contributed by atoms with Crippen molar-refractivity contribution in [3.8, 4) is 0 Å². The molecule has 1 aromatic rings. The van der Waals surface area contributed by atoms with E-state index in [0.29, 0.717) is 6.04 Å². The van der Waals surface area contributed by atoms with Gasteiger partial charge in [0, 0.05) is 17.9 Å². The van der Waals surface area contributed by atoms with Crippen molar-refractivity contribution in [1.82, 2.24) is 10.3 Å². The van der Waals surface area contributed by atoms with Crippen LogP contribution in [0.3, 0.4) is 0 Å². The number of aryl methyl sites for hydroxylation is 1. The second-order valence-electron chi connectivity index (χ2n) is 2.93. The zero-order valence-electron chi connectivity index (χ0n) is 7.96. The standard InChI is InChI=1S/C10H16N2/c1-4-10(11-3)9-6-5-7-12-8(9)2/h5-7,10-11H,4H2,1-3H3. The van der Waals surface area contributed by atoms with Crippen LogP contribution in [0.2, 0.25) is 0 Å². The second kappa shape index (κ2) is 4.21. The van der Waals surface area contributed by atoms with Crippen LogP contribution in [0.25, 0.3) is 0 Å². The SMILES string of the molecule is CCC(NC)c1cccnc1C. The molecule has 0 saturated heterocycles. The fourth-order valence-electron chi connectivity index (χ4n) is 1.44. The van der Waals surface area contributed by atoms with Gasteiger partial charge in [0.05, 0.1) is 0 Å². The lowest BCUT2D eigenvalue weighted by Crippen LogP contribution is -2.16. The third-order valence-electron chi connectivity index (χ3n) is 2.18. The van der Waals surface area contributed by atoms with Gasteiger partial charge in [-0.25, -0.2) is 0 Å². The highest BCUT2D eigenvalue weighted by atomic mass is 14.9. The molecular formula is C10H16N2. The minimum atomic E-state index is 0.443. The molecular weight excluding hydrogens is 148 g/mol. The minimum absolute atomic E-state index is 0.443. The molecule has 66 valence electrons. The van der Waals surface area contributed by atoms with E-state index in [9.17, 15) is 0 Å². The monoisotopic (exact) mass is 164 g/mol. The van der Waals surface area contributed by atoms with Gasteiger partial charge >= 0.3 is 0 Å². The predicted octanol–water partition coefficient (Wildman–Crippen LogP) is 2.06. The van der Waals surface area contributed by atoms with Crippen molar-refractivity contribution >= 4 is 0 Å². The Labute approximate surface area is 74.0 Å². The summed E-state index contributed by atoms with van der Waals surface area (Å²) < 4.78 is 0. The van der Waals surface area contributed by atoms with Crippen LogP contribution in [0.4, 0.5) is 0 Å². The predicted molar refractivity (Wildman–Crippen MR) is 51.1 cm³/mol. The summed E-state index contributed by atoms with van der Waals surface area (Å²) in [7, 11) is 1.99. The number of nitrogens with one attached hydrogen (secondary N) is 1. The van der Waals surface area contributed by atoms with Crippen LogP contribution in [-0.4, -0.2) is 12.0 Å². The Balaban J connectivity index is 2.92. The van der Waals surface area contributed by atoms with Crippen LogP contribution in [-0.2, 0) is 0 Å². The van der Waals surface area contributed by atoms with E-state index in [0.717, 1.165) is 12.1 Å². The summed E-state index contributed by atoms with van der Waals surface area (Å²) in [4.78, 5) is 4.26. The topological polar surface area (TPSA) is 24.9 Å². The average Bonchev–Trinajstić information content (AvgIpc) is 2.10. The Morgan fingerprint density at radius 1 is 1.58 bits per heavy atom. The van der Waals surface area contributed by atoms with Gasteiger partial charge in [0.25, 0.3) is 0 Å². The van der Waals surface area contributed by atoms with Crippen LogP contribution in [0, 0.1) is 6.92 Å². The first-order chi connectivity index (χ1) is 5.79. The minimum Gasteiger partial charge on any atom is -0.313 e. The number of aromatic nitrogens is 1. The molecule has 0 fully saturated rings. The van der Waals surface area contributed by atoms with E-state index in [1.807, 2.05) is 19.3 Å². The first-order valence-corrected chi connectivity index (χ1v) is 4.38. The summed E-state index contributed by atoms with van der Waals surface area (Å²) in [5.74, 6) is 0. The van der Waals surface area contributed by atoms with E-state index in [-0.39, 0.29) is 0 Å². The van der Waals surface area contributed by atoms with E-state index in [1.54, 1.807) is 0 Å². The van der Waals surface area contributed by atoms with Gasteiger partial charge in [0.1, 0.15) is 0 Å². The lowest BCUT2D eigenvalue weighted by molar-refractivity contribution is 0.571. The molecule has 0 radical (unpaired) electrons. The van der Waals surface area contributed by atoms with Crippen molar-refractivity contribution < 1.29 is 0 Å². The zero-order valence-corrected chi connectivity index (χ0v) is 7.96. The van der Waals surface area contributed by atoms with Gasteiger partial charge < -0.3 is 5.32 Å². The van der Waals surface area contributed by atoms with Gasteiger partial charge in [0.2, 0.25) is 0 Å². The van der Waals surface area contributed by atoms with E-state index in [1.165, 1.54) is 5.56 Å². The molecule has 0 aliphatic rings. The molecule has 0 bridgehead atoms. The fourth-order valence-corrected chi connectivity index (χ4v) is 1.44. The maximum atomic E-state index is 4.26. The molecule has 0 aliphatic heterocycles. The third kappa shape index (κ3) is 1.83. The lowest BCUT2D eigenvalue weighted by Gasteiger charge is -2.15. The van der Waals surface area contributed by atoms with Crippen molar-refractivity contribution in [2.75, 3.05) is 7.05 Å². The van der Waals surface area contributed by atoms with Gasteiger partial charge in [-0.3, -0.25) is 4.98 Å². The van der Waals surface area contributed by atoms with Gasteiger partial charge in [-0.15, -0.1) is 0 Å². The summed E-state index contributed by atoms with van der Waals surface area (Å²) in [5.41, 5.74) is 2.43. The highest BCUT2D eigenvalue weighted by Gasteiger charge is 2.08. The van der Waals surface area contributed by atoms with Crippen LogP contribution in [0.5, 0.6) is 0 Å². The van der Waals surface area contributed by atoms with Gasteiger partial charge in [0.15, 0.2) is 0 Å². The first-order valence-electron chi connectivity index (χ1n) is 4.38. The Hall–Kier alpha value is -0.890. The quantitative estimate of drug-likeness (QED) is 0.739. The highest BCUT2D eigenvalue weighted by molar-refractivity contribution is 5.22. The molecule has 0 amide bonds. The highest BCUT2D eigenvalue weighted by Crippen LogP contribution is 2.17. The van der Waals surface area contributed by atoms with Crippen molar-refractivity contribution in [2.45, 2.75) is 26.3 Å². The molecule has 1 heterocycles. The molecule has 2 nitrogen and oxygen atoms in total. The van der Waals surface area contributed by atoms with E-state index < -0.39 is 0 Å². The third-order valence-corrected chi connectivity index (χ3v) is 2.18. The maximum absolute atomic E-state index is 4.26. The number of nitrogens with zero attached hydrogens (tertiary/aromatic N) is 1. The molecule has 12 heavy (non-hydrogen) atoms. The van der Waals surface area contributed by atoms with Crippen LogP contribution in [0.15, 0.2) is 18.3 Å². The van der Waals surface area contributed by atoms with E-state index >= 15 is 0 Å².